The van der Waals surface area contributed by atoms with Gasteiger partial charge < -0.3 is 9.73 Å². The number of aryl methyl sites for hydroxylation is 1. The Labute approximate surface area is 176 Å². The van der Waals surface area contributed by atoms with E-state index in [1.807, 2.05) is 43.3 Å². The molecule has 7 heteroatoms. The number of para-hydroxylation sites is 1. The van der Waals surface area contributed by atoms with Crippen LogP contribution in [0.5, 0.6) is 0 Å². The largest absolute Gasteiger partial charge is 0.469 e. The molecule has 1 amide bonds. The topological polar surface area (TPSA) is 79.6 Å². The summed E-state index contributed by atoms with van der Waals surface area (Å²) in [5.74, 6) is 0.580. The Balaban J connectivity index is 1.47. The van der Waals surface area contributed by atoms with Gasteiger partial charge in [0.15, 0.2) is 0 Å². The minimum Gasteiger partial charge on any atom is -0.469 e. The molecule has 1 aromatic heterocycles. The summed E-state index contributed by atoms with van der Waals surface area (Å²) < 4.78 is 33.2. The molecule has 30 heavy (non-hydrogen) atoms. The smallest absolute Gasteiger partial charge is 0.264 e. The van der Waals surface area contributed by atoms with Gasteiger partial charge in [-0.1, -0.05) is 24.3 Å². The van der Waals surface area contributed by atoms with Gasteiger partial charge in [-0.3, -0.25) is 9.10 Å². The number of furan rings is 1. The van der Waals surface area contributed by atoms with Crippen molar-refractivity contribution in [2.45, 2.75) is 37.1 Å². The van der Waals surface area contributed by atoms with Crippen molar-refractivity contribution in [1.82, 2.24) is 5.32 Å². The van der Waals surface area contributed by atoms with E-state index in [0.717, 1.165) is 24.2 Å². The number of rotatable bonds is 7. The van der Waals surface area contributed by atoms with Gasteiger partial charge in [0.2, 0.25) is 0 Å². The molecule has 1 aliphatic rings. The van der Waals surface area contributed by atoms with Crippen molar-refractivity contribution < 1.29 is 17.6 Å². The number of nitrogens with one attached hydrogen (secondary N) is 1. The normalized spacial score (nSPS) is 14.4. The molecule has 0 saturated heterocycles. The Kier molecular flexibility index (Phi) is 5.63. The summed E-state index contributed by atoms with van der Waals surface area (Å²) in [7, 11) is -3.74. The molecule has 0 aliphatic carbocycles. The molecular weight excluding hydrogens is 400 g/mol. The van der Waals surface area contributed by atoms with Crippen molar-refractivity contribution in [1.29, 1.82) is 0 Å². The molecule has 0 fully saturated rings. The average molecular weight is 425 g/mol. The Hall–Kier alpha value is -3.06. The zero-order chi connectivity index (χ0) is 21.1. The monoisotopic (exact) mass is 424 g/mol. The van der Waals surface area contributed by atoms with Gasteiger partial charge in [-0.15, -0.1) is 0 Å². The first kappa shape index (κ1) is 20.2. The number of anilines is 1. The van der Waals surface area contributed by atoms with Crippen LogP contribution in [0.4, 0.5) is 5.69 Å². The Bertz CT molecular complexity index is 1140. The third-order valence-electron chi connectivity index (χ3n) is 5.31. The van der Waals surface area contributed by atoms with Crippen LogP contribution in [0.25, 0.3) is 0 Å². The van der Waals surface area contributed by atoms with Crippen molar-refractivity contribution >= 4 is 21.6 Å². The molecule has 2 heterocycles. The molecule has 156 valence electrons. The molecule has 0 spiro atoms. The van der Waals surface area contributed by atoms with Crippen molar-refractivity contribution in [2.75, 3.05) is 10.8 Å². The van der Waals surface area contributed by atoms with Gasteiger partial charge in [0.25, 0.3) is 15.9 Å². The lowest BCUT2D eigenvalue weighted by Gasteiger charge is -2.20. The minimum absolute atomic E-state index is 0.0756. The summed E-state index contributed by atoms with van der Waals surface area (Å²) in [4.78, 5) is 12.8. The van der Waals surface area contributed by atoms with Crippen LogP contribution in [0.2, 0.25) is 0 Å². The first-order valence-electron chi connectivity index (χ1n) is 9.99. The summed E-state index contributed by atoms with van der Waals surface area (Å²) in [6, 6.07) is 17.4. The molecule has 6 nitrogen and oxygen atoms in total. The maximum absolute atomic E-state index is 13.2. The molecule has 0 radical (unpaired) electrons. The molecule has 0 bridgehead atoms. The van der Waals surface area contributed by atoms with Gasteiger partial charge in [0.1, 0.15) is 5.76 Å². The summed E-state index contributed by atoms with van der Waals surface area (Å²) in [6.07, 6.45) is 3.76. The third-order valence-corrected chi connectivity index (χ3v) is 7.12. The lowest BCUT2D eigenvalue weighted by atomic mass is 10.1. The number of carbonyl (C=O) groups is 1. The molecule has 2 aromatic carbocycles. The van der Waals surface area contributed by atoms with E-state index in [-0.39, 0.29) is 16.8 Å². The van der Waals surface area contributed by atoms with Crippen LogP contribution in [0.15, 0.2) is 76.2 Å². The summed E-state index contributed by atoms with van der Waals surface area (Å²) >= 11 is 0. The van der Waals surface area contributed by atoms with Crippen LogP contribution in [0, 0.1) is 0 Å². The molecule has 1 aliphatic heterocycles. The van der Waals surface area contributed by atoms with E-state index in [9.17, 15) is 13.2 Å². The number of carbonyl (C=O) groups excluding carboxylic acids is 1. The van der Waals surface area contributed by atoms with E-state index in [1.165, 1.54) is 16.4 Å². The van der Waals surface area contributed by atoms with Crippen LogP contribution in [-0.2, 0) is 22.9 Å². The fraction of sp³-hybridized carbons (Fsp3) is 0.261. The summed E-state index contributed by atoms with van der Waals surface area (Å²) in [5, 5.41) is 2.93. The highest BCUT2D eigenvalue weighted by atomic mass is 32.2. The molecule has 1 unspecified atom stereocenters. The Morgan fingerprint density at radius 1 is 1.13 bits per heavy atom. The standard InChI is InChI=1S/C23H24N2O4S/c1-17(11-12-20-8-5-15-29-20)24-23(26)19-7-4-9-21(16-19)30(27,28)25-14-13-18-6-2-3-10-22(18)25/h2-10,15-17H,11-14H2,1H3,(H,24,26). The highest BCUT2D eigenvalue weighted by Crippen LogP contribution is 2.32. The SMILES string of the molecule is CC(CCc1ccco1)NC(=O)c1cccc(S(=O)(=O)N2CCc3ccccc32)c1. The molecule has 1 N–H and O–H groups in total. The van der Waals surface area contributed by atoms with E-state index in [1.54, 1.807) is 18.4 Å². The second-order valence-electron chi connectivity index (χ2n) is 7.48. The van der Waals surface area contributed by atoms with Gasteiger partial charge in [-0.2, -0.15) is 0 Å². The zero-order valence-corrected chi connectivity index (χ0v) is 17.6. The van der Waals surface area contributed by atoms with Gasteiger partial charge in [-0.25, -0.2) is 8.42 Å². The Morgan fingerprint density at radius 2 is 1.97 bits per heavy atom. The summed E-state index contributed by atoms with van der Waals surface area (Å²) in [5.41, 5.74) is 2.05. The number of amides is 1. The van der Waals surface area contributed by atoms with Gasteiger partial charge >= 0.3 is 0 Å². The van der Waals surface area contributed by atoms with Gasteiger partial charge in [-0.05, 0) is 61.7 Å². The highest BCUT2D eigenvalue weighted by molar-refractivity contribution is 7.92. The molecular formula is C23H24N2O4S. The van der Waals surface area contributed by atoms with Gasteiger partial charge in [0, 0.05) is 24.6 Å². The zero-order valence-electron chi connectivity index (χ0n) is 16.7. The van der Waals surface area contributed by atoms with Crippen LogP contribution >= 0.6 is 0 Å². The number of hydrogen-bond acceptors (Lipinski definition) is 4. The van der Waals surface area contributed by atoms with Crippen LogP contribution in [0.3, 0.4) is 0 Å². The Morgan fingerprint density at radius 3 is 2.77 bits per heavy atom. The summed E-state index contributed by atoms with van der Waals surface area (Å²) in [6.45, 7) is 2.32. The van der Waals surface area contributed by atoms with Crippen LogP contribution in [-0.4, -0.2) is 26.9 Å². The first-order valence-corrected chi connectivity index (χ1v) is 11.4. The predicted octanol–water partition coefficient (Wildman–Crippen LogP) is 3.78. The number of hydrogen-bond donors (Lipinski definition) is 1. The van der Waals surface area contributed by atoms with E-state index >= 15 is 0 Å². The van der Waals surface area contributed by atoms with Crippen molar-refractivity contribution in [3.05, 3.63) is 83.8 Å². The first-order chi connectivity index (χ1) is 14.4. The number of sulfonamides is 1. The fourth-order valence-corrected chi connectivity index (χ4v) is 5.23. The van der Waals surface area contributed by atoms with E-state index < -0.39 is 10.0 Å². The molecule has 0 saturated carbocycles. The number of nitrogens with zero attached hydrogens (tertiary/aromatic N) is 1. The number of fused-ring (bicyclic) bond motifs is 1. The van der Waals surface area contributed by atoms with Crippen molar-refractivity contribution in [2.24, 2.45) is 0 Å². The second kappa shape index (κ2) is 8.36. The average Bonchev–Trinajstić information content (AvgIpc) is 3.42. The van der Waals surface area contributed by atoms with Crippen LogP contribution in [0.1, 0.15) is 35.0 Å². The third kappa shape index (κ3) is 4.11. The molecule has 1 atom stereocenters. The lowest BCUT2D eigenvalue weighted by Crippen LogP contribution is -2.33. The van der Waals surface area contributed by atoms with Gasteiger partial charge in [0.05, 0.1) is 16.8 Å². The maximum atomic E-state index is 13.2. The lowest BCUT2D eigenvalue weighted by molar-refractivity contribution is 0.0938. The van der Waals surface area contributed by atoms with Crippen molar-refractivity contribution in [3.63, 3.8) is 0 Å². The second-order valence-corrected chi connectivity index (χ2v) is 9.34. The van der Waals surface area contributed by atoms with Crippen LogP contribution < -0.4 is 9.62 Å². The number of benzene rings is 2. The maximum Gasteiger partial charge on any atom is 0.264 e. The fourth-order valence-electron chi connectivity index (χ4n) is 3.68. The highest BCUT2D eigenvalue weighted by Gasteiger charge is 2.31. The molecule has 4 rings (SSSR count). The van der Waals surface area contributed by atoms with E-state index in [2.05, 4.69) is 5.32 Å². The van der Waals surface area contributed by atoms with Crippen molar-refractivity contribution in [3.8, 4) is 0 Å². The predicted molar refractivity (Wildman–Crippen MR) is 115 cm³/mol. The minimum atomic E-state index is -3.74. The molecule has 3 aromatic rings. The quantitative estimate of drug-likeness (QED) is 0.626. The van der Waals surface area contributed by atoms with E-state index in [0.29, 0.717) is 24.2 Å². The van der Waals surface area contributed by atoms with E-state index in [4.69, 9.17) is 4.42 Å².